The van der Waals surface area contributed by atoms with E-state index in [1.165, 1.54) is 70.6 Å². The predicted octanol–water partition coefficient (Wildman–Crippen LogP) is 15.8. The minimum atomic E-state index is -4.94. The van der Waals surface area contributed by atoms with Crippen LogP contribution < -0.4 is 0 Å². The summed E-state index contributed by atoms with van der Waals surface area (Å²) in [5.41, 5.74) is 0. The Morgan fingerprint density at radius 1 is 0.316 bits per heavy atom. The molecule has 0 rings (SSSR count). The third kappa shape index (κ3) is 55.0. The number of ether oxygens (including phenoxy) is 4. The van der Waals surface area contributed by atoms with E-state index in [0.717, 1.165) is 103 Å². The van der Waals surface area contributed by atoms with E-state index in [0.29, 0.717) is 49.4 Å². The Bertz CT molecular complexity index is 1590. The summed E-state index contributed by atoms with van der Waals surface area (Å²) in [6.07, 6.45) is 28.4. The molecule has 0 aromatic carbocycles. The SMILES string of the molecule is CC(C)CCCCCCCCCC(=O)OC[C@H](COP(=O)(O)OCC(O)COP(=O)(O)OC[C@@H](COC(=O)CCCCCCCCCC(C)C)OC(=O)CCCCCCCCC(C)C)OC(=O)CCCCCCCCCC(C)C. The summed E-state index contributed by atoms with van der Waals surface area (Å²) in [5.74, 6) is 0.624. The molecule has 3 unspecified atom stereocenters. The summed E-state index contributed by atoms with van der Waals surface area (Å²) < 4.78 is 67.7. The zero-order chi connectivity index (χ0) is 59.0. The summed E-state index contributed by atoms with van der Waals surface area (Å²) in [7, 11) is -9.88. The Balaban J connectivity index is 5.24. The molecule has 0 aliphatic heterocycles. The van der Waals surface area contributed by atoms with E-state index < -0.39 is 97.5 Å². The number of aliphatic hydroxyl groups is 1. The molecule has 3 N–H and O–H groups in total. The van der Waals surface area contributed by atoms with E-state index in [1.807, 2.05) is 0 Å². The van der Waals surface area contributed by atoms with Gasteiger partial charge >= 0.3 is 39.5 Å². The monoisotopic (exact) mass is 1170 g/mol. The molecule has 0 bridgehead atoms. The van der Waals surface area contributed by atoms with Crippen molar-refractivity contribution in [2.75, 3.05) is 39.6 Å². The van der Waals surface area contributed by atoms with Crippen molar-refractivity contribution in [3.8, 4) is 0 Å². The molecule has 0 aliphatic carbocycles. The second-order valence-corrected chi connectivity index (χ2v) is 26.5. The summed E-state index contributed by atoms with van der Waals surface area (Å²) in [5, 5.41) is 10.5. The second kappa shape index (κ2) is 50.6. The lowest BCUT2D eigenvalue weighted by molar-refractivity contribution is -0.161. The third-order valence-electron chi connectivity index (χ3n) is 13.6. The van der Waals surface area contributed by atoms with Gasteiger partial charge in [-0.3, -0.25) is 37.3 Å². The molecule has 19 heteroatoms. The number of hydrogen-bond acceptors (Lipinski definition) is 15. The number of hydrogen-bond donors (Lipinski definition) is 3. The largest absolute Gasteiger partial charge is 0.472 e. The predicted molar refractivity (Wildman–Crippen MR) is 312 cm³/mol. The third-order valence-corrected chi connectivity index (χ3v) is 15.5. The highest BCUT2D eigenvalue weighted by Gasteiger charge is 2.30. The maximum absolute atomic E-state index is 12.9. The van der Waals surface area contributed by atoms with Crippen molar-refractivity contribution in [1.29, 1.82) is 0 Å². The summed E-state index contributed by atoms with van der Waals surface area (Å²) in [6.45, 7) is 13.8. The quantitative estimate of drug-likeness (QED) is 0.0222. The molecular weight excluding hydrogens is 1050 g/mol. The van der Waals surface area contributed by atoms with Gasteiger partial charge in [0.15, 0.2) is 12.2 Å². The fourth-order valence-corrected chi connectivity index (χ4v) is 10.3. The van der Waals surface area contributed by atoms with Crippen molar-refractivity contribution in [3.05, 3.63) is 0 Å². The Kier molecular flexibility index (Phi) is 49.3. The topological polar surface area (TPSA) is 237 Å². The molecule has 0 aromatic rings. The number of unbranched alkanes of at least 4 members (excludes halogenated alkanes) is 23. The van der Waals surface area contributed by atoms with Crippen LogP contribution in [0.25, 0.3) is 0 Å². The van der Waals surface area contributed by atoms with Crippen LogP contribution in [0, 0.1) is 23.7 Å². The fourth-order valence-electron chi connectivity index (χ4n) is 8.72. The van der Waals surface area contributed by atoms with Crippen molar-refractivity contribution in [3.63, 3.8) is 0 Å². The van der Waals surface area contributed by atoms with Crippen LogP contribution in [0.15, 0.2) is 0 Å². The number of esters is 4. The Hall–Kier alpha value is -1.94. The van der Waals surface area contributed by atoms with Gasteiger partial charge < -0.3 is 33.8 Å². The van der Waals surface area contributed by atoms with E-state index in [1.54, 1.807) is 0 Å². The Morgan fingerprint density at radius 3 is 0.785 bits per heavy atom. The van der Waals surface area contributed by atoms with Crippen molar-refractivity contribution in [2.24, 2.45) is 23.7 Å². The maximum atomic E-state index is 12.9. The van der Waals surface area contributed by atoms with Gasteiger partial charge in [0, 0.05) is 25.7 Å². The van der Waals surface area contributed by atoms with Gasteiger partial charge in [0.1, 0.15) is 19.3 Å². The van der Waals surface area contributed by atoms with Crippen molar-refractivity contribution in [1.82, 2.24) is 0 Å². The van der Waals surface area contributed by atoms with Crippen LogP contribution in [-0.2, 0) is 65.4 Å². The lowest BCUT2D eigenvalue weighted by atomic mass is 10.0. The van der Waals surface area contributed by atoms with Crippen molar-refractivity contribution in [2.45, 2.75) is 298 Å². The number of carbonyl (C=O) groups excluding carboxylic acids is 4. The molecule has 5 atom stereocenters. The van der Waals surface area contributed by atoms with Gasteiger partial charge in [0.2, 0.25) is 0 Å². The van der Waals surface area contributed by atoms with Crippen LogP contribution >= 0.6 is 15.6 Å². The van der Waals surface area contributed by atoms with E-state index >= 15 is 0 Å². The molecule has 0 saturated heterocycles. The average Bonchev–Trinajstić information content (AvgIpc) is 3.37. The smallest absolute Gasteiger partial charge is 0.462 e. The lowest BCUT2D eigenvalue weighted by Gasteiger charge is -2.21. The fraction of sp³-hybridized carbons (Fsp3) is 0.933. The zero-order valence-electron chi connectivity index (χ0n) is 51.0. The number of carbonyl (C=O) groups is 4. The van der Waals surface area contributed by atoms with Gasteiger partial charge in [-0.1, -0.05) is 229 Å². The van der Waals surface area contributed by atoms with E-state index in [2.05, 4.69) is 55.4 Å². The minimum absolute atomic E-state index is 0.100. The molecule has 0 aliphatic rings. The van der Waals surface area contributed by atoms with Gasteiger partial charge in [0.05, 0.1) is 26.4 Å². The maximum Gasteiger partial charge on any atom is 0.472 e. The lowest BCUT2D eigenvalue weighted by Crippen LogP contribution is -2.30. The van der Waals surface area contributed by atoms with Crippen LogP contribution in [-0.4, -0.2) is 96.7 Å². The van der Waals surface area contributed by atoms with Crippen LogP contribution in [0.1, 0.15) is 280 Å². The average molecular weight is 1170 g/mol. The first-order chi connectivity index (χ1) is 37.6. The molecule has 0 radical (unpaired) electrons. The van der Waals surface area contributed by atoms with Gasteiger partial charge in [-0.05, 0) is 49.4 Å². The van der Waals surface area contributed by atoms with Gasteiger partial charge in [-0.25, -0.2) is 9.13 Å². The molecule has 79 heavy (non-hydrogen) atoms. The van der Waals surface area contributed by atoms with Gasteiger partial charge in [-0.2, -0.15) is 0 Å². The van der Waals surface area contributed by atoms with Crippen LogP contribution in [0.4, 0.5) is 0 Å². The number of phosphoric ester groups is 2. The molecule has 0 aromatic heterocycles. The van der Waals surface area contributed by atoms with Crippen LogP contribution in [0.3, 0.4) is 0 Å². The standard InChI is InChI=1S/C60H116O17P2/c1-50(2)36-28-20-12-9-15-24-32-40-57(62)70-46-55(76-59(64)42-34-26-17-11-14-22-30-38-52(5)6)48-74-78(66,67)72-44-54(61)45-73-79(68,69)75-49-56(77-60(65)43-35-27-19-18-23-31-39-53(7)8)47-71-58(63)41-33-25-16-10-13-21-29-37-51(3)4/h50-56,61H,9-49H2,1-8H3,(H,66,67)(H,68,69)/t54?,55-,56-/m1/s1. The van der Waals surface area contributed by atoms with Gasteiger partial charge in [-0.15, -0.1) is 0 Å². The highest BCUT2D eigenvalue weighted by Crippen LogP contribution is 2.45. The molecule has 0 fully saturated rings. The van der Waals surface area contributed by atoms with Crippen LogP contribution in [0.5, 0.6) is 0 Å². The number of rotatable bonds is 57. The summed E-state index contributed by atoms with van der Waals surface area (Å²) >= 11 is 0. The first-order valence-electron chi connectivity index (χ1n) is 31.2. The highest BCUT2D eigenvalue weighted by molar-refractivity contribution is 7.47. The summed E-state index contributed by atoms with van der Waals surface area (Å²) in [4.78, 5) is 71.9. The number of phosphoric acid groups is 2. The number of aliphatic hydroxyl groups excluding tert-OH is 1. The summed E-state index contributed by atoms with van der Waals surface area (Å²) in [6, 6.07) is 0. The molecule has 0 saturated carbocycles. The first kappa shape index (κ1) is 77.1. The van der Waals surface area contributed by atoms with E-state index in [-0.39, 0.29) is 25.7 Å². The molecule has 0 spiro atoms. The Morgan fingerprint density at radius 2 is 0.532 bits per heavy atom. The first-order valence-corrected chi connectivity index (χ1v) is 34.2. The second-order valence-electron chi connectivity index (χ2n) is 23.6. The van der Waals surface area contributed by atoms with Crippen molar-refractivity contribution < 1.29 is 80.2 Å². The van der Waals surface area contributed by atoms with Crippen molar-refractivity contribution >= 4 is 39.5 Å². The highest BCUT2D eigenvalue weighted by atomic mass is 31.2. The van der Waals surface area contributed by atoms with E-state index in [4.69, 9.17) is 37.0 Å². The molecule has 468 valence electrons. The van der Waals surface area contributed by atoms with E-state index in [9.17, 15) is 43.2 Å². The molecule has 0 heterocycles. The molecule has 0 amide bonds. The minimum Gasteiger partial charge on any atom is -0.462 e. The van der Waals surface area contributed by atoms with Gasteiger partial charge in [0.25, 0.3) is 0 Å². The normalized spacial score (nSPS) is 14.6. The molecule has 17 nitrogen and oxygen atoms in total. The molecular formula is C60H116O17P2. The van der Waals surface area contributed by atoms with Crippen LogP contribution in [0.2, 0.25) is 0 Å². The Labute approximate surface area is 479 Å². The zero-order valence-corrected chi connectivity index (χ0v) is 52.8.